The van der Waals surface area contributed by atoms with Crippen LogP contribution in [0.1, 0.15) is 24.8 Å². The lowest BCUT2D eigenvalue weighted by Crippen LogP contribution is -2.47. The molecule has 0 spiro atoms. The number of carbonyl (C=O) groups is 1. The summed E-state index contributed by atoms with van der Waals surface area (Å²) in [6, 6.07) is 4.88. The Kier molecular flexibility index (Phi) is 5.34. The SMILES string of the molecule is O=C(NCCc1ccc(F)c(Br)c1)C1CCCCN1. The van der Waals surface area contributed by atoms with Gasteiger partial charge in [0.25, 0.3) is 0 Å². The Bertz CT molecular complexity index is 447. The van der Waals surface area contributed by atoms with Gasteiger partial charge in [-0.2, -0.15) is 0 Å². The van der Waals surface area contributed by atoms with E-state index >= 15 is 0 Å². The summed E-state index contributed by atoms with van der Waals surface area (Å²) in [5, 5.41) is 6.14. The third-order valence-electron chi connectivity index (χ3n) is 3.32. The molecule has 1 fully saturated rings. The van der Waals surface area contributed by atoms with E-state index in [2.05, 4.69) is 26.6 Å². The maximum absolute atomic E-state index is 13.1. The zero-order valence-corrected chi connectivity index (χ0v) is 12.3. The van der Waals surface area contributed by atoms with Crippen LogP contribution in [0.2, 0.25) is 0 Å². The lowest BCUT2D eigenvalue weighted by Gasteiger charge is -2.22. The minimum Gasteiger partial charge on any atom is -0.354 e. The Morgan fingerprint density at radius 2 is 2.32 bits per heavy atom. The first-order chi connectivity index (χ1) is 9.16. The second kappa shape index (κ2) is 7.01. The fourth-order valence-corrected chi connectivity index (χ4v) is 2.65. The van der Waals surface area contributed by atoms with Crippen LogP contribution in [0.3, 0.4) is 0 Å². The van der Waals surface area contributed by atoms with E-state index in [4.69, 9.17) is 0 Å². The van der Waals surface area contributed by atoms with E-state index in [1.807, 2.05) is 0 Å². The van der Waals surface area contributed by atoms with E-state index in [1.165, 1.54) is 6.07 Å². The molecule has 2 N–H and O–H groups in total. The summed E-state index contributed by atoms with van der Waals surface area (Å²) in [6.07, 6.45) is 3.87. The maximum atomic E-state index is 13.1. The molecule has 1 aromatic carbocycles. The summed E-state index contributed by atoms with van der Waals surface area (Å²) >= 11 is 3.16. The van der Waals surface area contributed by atoms with Gasteiger partial charge in [-0.15, -0.1) is 0 Å². The minimum atomic E-state index is -0.265. The minimum absolute atomic E-state index is 0.0475. The van der Waals surface area contributed by atoms with Gasteiger partial charge in [-0.05, 0) is 59.4 Å². The molecule has 0 radical (unpaired) electrons. The summed E-state index contributed by atoms with van der Waals surface area (Å²) < 4.78 is 13.5. The number of halogens is 2. The first kappa shape index (κ1) is 14.5. The average Bonchev–Trinajstić information content (AvgIpc) is 2.43. The Morgan fingerprint density at radius 1 is 1.47 bits per heavy atom. The van der Waals surface area contributed by atoms with E-state index in [1.54, 1.807) is 12.1 Å². The van der Waals surface area contributed by atoms with E-state index in [9.17, 15) is 9.18 Å². The normalized spacial score (nSPS) is 19.2. The molecule has 1 aliphatic rings. The molecule has 0 aliphatic carbocycles. The van der Waals surface area contributed by atoms with Crippen LogP contribution in [0.25, 0.3) is 0 Å². The van der Waals surface area contributed by atoms with Gasteiger partial charge in [-0.25, -0.2) is 4.39 Å². The van der Waals surface area contributed by atoms with Crippen LogP contribution >= 0.6 is 15.9 Å². The van der Waals surface area contributed by atoms with Crippen molar-refractivity contribution in [1.29, 1.82) is 0 Å². The molecule has 1 saturated heterocycles. The Balaban J connectivity index is 1.76. The molecule has 104 valence electrons. The molecule has 0 bridgehead atoms. The number of benzene rings is 1. The fourth-order valence-electron chi connectivity index (χ4n) is 2.22. The van der Waals surface area contributed by atoms with Gasteiger partial charge in [0.05, 0.1) is 10.5 Å². The summed E-state index contributed by atoms with van der Waals surface area (Å²) in [4.78, 5) is 11.9. The van der Waals surface area contributed by atoms with E-state index in [0.29, 0.717) is 17.4 Å². The predicted molar refractivity (Wildman–Crippen MR) is 76.5 cm³/mol. The smallest absolute Gasteiger partial charge is 0.237 e. The molecule has 19 heavy (non-hydrogen) atoms. The van der Waals surface area contributed by atoms with Gasteiger partial charge in [0.2, 0.25) is 5.91 Å². The molecule has 1 atom stereocenters. The van der Waals surface area contributed by atoms with Crippen LogP contribution in [0, 0.1) is 5.82 Å². The van der Waals surface area contributed by atoms with Gasteiger partial charge in [0, 0.05) is 6.54 Å². The van der Waals surface area contributed by atoms with Crippen LogP contribution < -0.4 is 10.6 Å². The highest BCUT2D eigenvalue weighted by Crippen LogP contribution is 2.17. The van der Waals surface area contributed by atoms with Crippen molar-refractivity contribution < 1.29 is 9.18 Å². The van der Waals surface area contributed by atoms with Crippen molar-refractivity contribution in [2.45, 2.75) is 31.7 Å². The fraction of sp³-hybridized carbons (Fsp3) is 0.500. The highest BCUT2D eigenvalue weighted by atomic mass is 79.9. The Labute approximate surface area is 121 Å². The topological polar surface area (TPSA) is 41.1 Å². The predicted octanol–water partition coefficient (Wildman–Crippen LogP) is 2.39. The van der Waals surface area contributed by atoms with Crippen molar-refractivity contribution in [3.63, 3.8) is 0 Å². The number of hydrogen-bond acceptors (Lipinski definition) is 2. The van der Waals surface area contributed by atoms with Crippen molar-refractivity contribution in [3.8, 4) is 0 Å². The highest BCUT2D eigenvalue weighted by molar-refractivity contribution is 9.10. The first-order valence-electron chi connectivity index (χ1n) is 6.62. The number of nitrogens with one attached hydrogen (secondary N) is 2. The standard InChI is InChI=1S/C14H18BrFN2O/c15-11-9-10(4-5-12(11)16)6-8-18-14(19)13-3-1-2-7-17-13/h4-5,9,13,17H,1-3,6-8H2,(H,18,19). The van der Waals surface area contributed by atoms with Crippen LogP contribution in [0.5, 0.6) is 0 Å². The Hall–Kier alpha value is -0.940. The van der Waals surface area contributed by atoms with Gasteiger partial charge in [0.15, 0.2) is 0 Å². The number of rotatable bonds is 4. The quantitative estimate of drug-likeness (QED) is 0.891. The lowest BCUT2D eigenvalue weighted by molar-refractivity contribution is -0.123. The third kappa shape index (κ3) is 4.28. The van der Waals surface area contributed by atoms with Crippen LogP contribution in [-0.2, 0) is 11.2 Å². The van der Waals surface area contributed by atoms with Gasteiger partial charge in [-0.1, -0.05) is 12.5 Å². The number of hydrogen-bond donors (Lipinski definition) is 2. The monoisotopic (exact) mass is 328 g/mol. The van der Waals surface area contributed by atoms with E-state index < -0.39 is 0 Å². The average molecular weight is 329 g/mol. The molecule has 5 heteroatoms. The largest absolute Gasteiger partial charge is 0.354 e. The highest BCUT2D eigenvalue weighted by Gasteiger charge is 2.19. The second-order valence-corrected chi connectivity index (χ2v) is 5.65. The molecule has 3 nitrogen and oxygen atoms in total. The van der Waals surface area contributed by atoms with Crippen molar-refractivity contribution in [2.75, 3.05) is 13.1 Å². The second-order valence-electron chi connectivity index (χ2n) is 4.79. The van der Waals surface area contributed by atoms with Crippen molar-refractivity contribution in [2.24, 2.45) is 0 Å². The Morgan fingerprint density at radius 3 is 3.00 bits per heavy atom. The summed E-state index contributed by atoms with van der Waals surface area (Å²) in [5.41, 5.74) is 1.00. The molecule has 0 saturated carbocycles. The number of carbonyl (C=O) groups excluding carboxylic acids is 1. The maximum Gasteiger partial charge on any atom is 0.237 e. The summed E-state index contributed by atoms with van der Waals surface area (Å²) in [5.74, 6) is -0.194. The molecule has 1 aliphatic heterocycles. The zero-order valence-electron chi connectivity index (χ0n) is 10.7. The number of amides is 1. The van der Waals surface area contributed by atoms with Crippen molar-refractivity contribution >= 4 is 21.8 Å². The zero-order chi connectivity index (χ0) is 13.7. The molecular weight excluding hydrogens is 311 g/mol. The number of piperidine rings is 1. The molecule has 1 heterocycles. The van der Waals surface area contributed by atoms with Crippen LogP contribution in [-0.4, -0.2) is 25.0 Å². The van der Waals surface area contributed by atoms with Gasteiger partial charge >= 0.3 is 0 Å². The molecular formula is C14H18BrFN2O. The molecule has 0 aromatic heterocycles. The summed E-state index contributed by atoms with van der Waals surface area (Å²) in [6.45, 7) is 1.50. The lowest BCUT2D eigenvalue weighted by atomic mass is 10.0. The van der Waals surface area contributed by atoms with Crippen molar-refractivity contribution in [1.82, 2.24) is 10.6 Å². The van der Waals surface area contributed by atoms with Gasteiger partial charge in [-0.3, -0.25) is 4.79 Å². The third-order valence-corrected chi connectivity index (χ3v) is 3.93. The first-order valence-corrected chi connectivity index (χ1v) is 7.41. The van der Waals surface area contributed by atoms with Gasteiger partial charge < -0.3 is 10.6 Å². The molecule has 2 rings (SSSR count). The molecule has 1 unspecified atom stereocenters. The van der Waals surface area contributed by atoms with E-state index in [0.717, 1.165) is 31.4 Å². The van der Waals surface area contributed by atoms with E-state index in [-0.39, 0.29) is 17.8 Å². The van der Waals surface area contributed by atoms with Gasteiger partial charge in [0.1, 0.15) is 5.82 Å². The molecule has 1 aromatic rings. The van der Waals surface area contributed by atoms with Crippen LogP contribution in [0.4, 0.5) is 4.39 Å². The summed E-state index contributed by atoms with van der Waals surface area (Å²) in [7, 11) is 0. The molecule has 1 amide bonds. The van der Waals surface area contributed by atoms with Crippen molar-refractivity contribution in [3.05, 3.63) is 34.1 Å². The van der Waals surface area contributed by atoms with Crippen LogP contribution in [0.15, 0.2) is 22.7 Å².